The number of hydrogen-bond donors (Lipinski definition) is 0. The lowest BCUT2D eigenvalue weighted by Crippen LogP contribution is -2.47. The van der Waals surface area contributed by atoms with E-state index in [0.717, 1.165) is 30.6 Å². The molecule has 0 bridgehead atoms. The molecule has 176 valence electrons. The van der Waals surface area contributed by atoms with Gasteiger partial charge in [-0.2, -0.15) is 0 Å². The van der Waals surface area contributed by atoms with Crippen molar-refractivity contribution in [2.45, 2.75) is 128 Å². The Morgan fingerprint density at radius 1 is 0.633 bits per heavy atom. The highest BCUT2D eigenvalue weighted by Gasteiger charge is 2.42. The molecule has 3 saturated carbocycles. The fraction of sp³-hybridized carbons (Fsp3) is 1.00. The smallest absolute Gasteiger partial charge is 0.160 e. The Bertz CT molecular complexity index is 458. The van der Waals surface area contributed by atoms with Gasteiger partial charge in [0.25, 0.3) is 0 Å². The van der Waals surface area contributed by atoms with Gasteiger partial charge < -0.3 is 9.47 Å². The maximum Gasteiger partial charge on any atom is 0.160 e. The maximum atomic E-state index is 14.6. The fourth-order valence-electron chi connectivity index (χ4n) is 6.23. The first-order chi connectivity index (χ1) is 14.6. The van der Waals surface area contributed by atoms with E-state index in [1.807, 2.05) is 0 Å². The van der Waals surface area contributed by atoms with E-state index < -0.39 is 24.6 Å². The third-order valence-electron chi connectivity index (χ3n) is 8.27. The summed E-state index contributed by atoms with van der Waals surface area (Å²) in [6.07, 6.45) is 12.3. The van der Waals surface area contributed by atoms with Crippen LogP contribution in [0, 0.1) is 23.7 Å². The van der Waals surface area contributed by atoms with Crippen LogP contribution in [0.3, 0.4) is 0 Å². The SMILES string of the molecule is CCCCOC1CCC(OCC2CCC(C3CCC(CCC)CC3)CC2)C(F)C1F. The molecular weight excluding hydrogens is 382 g/mol. The maximum absolute atomic E-state index is 14.6. The fourth-order valence-corrected chi connectivity index (χ4v) is 6.23. The van der Waals surface area contributed by atoms with Crippen molar-refractivity contribution in [2.75, 3.05) is 13.2 Å². The Labute approximate surface area is 183 Å². The molecule has 4 heteroatoms. The third-order valence-corrected chi connectivity index (χ3v) is 8.27. The van der Waals surface area contributed by atoms with Crippen molar-refractivity contribution in [3.8, 4) is 0 Å². The molecule has 4 unspecified atom stereocenters. The van der Waals surface area contributed by atoms with Gasteiger partial charge in [0.2, 0.25) is 0 Å². The van der Waals surface area contributed by atoms with Gasteiger partial charge in [0.1, 0.15) is 0 Å². The summed E-state index contributed by atoms with van der Waals surface area (Å²) in [6, 6.07) is 0. The standard InChI is InChI=1S/C26H46F2O2/c1-3-5-17-29-23-15-16-24(26(28)25(23)27)30-18-20-9-13-22(14-10-20)21-11-7-19(6-4-2)8-12-21/h19-26H,3-18H2,1-2H3. The van der Waals surface area contributed by atoms with Gasteiger partial charge in [-0.1, -0.05) is 46.0 Å². The molecule has 0 heterocycles. The van der Waals surface area contributed by atoms with Crippen molar-refractivity contribution in [1.82, 2.24) is 0 Å². The van der Waals surface area contributed by atoms with E-state index in [1.165, 1.54) is 64.2 Å². The van der Waals surface area contributed by atoms with Crippen LogP contribution in [-0.2, 0) is 9.47 Å². The molecule has 0 aromatic heterocycles. The summed E-state index contributed by atoms with van der Waals surface area (Å²) in [5.41, 5.74) is 0. The van der Waals surface area contributed by atoms with Gasteiger partial charge in [0.05, 0.1) is 12.2 Å². The van der Waals surface area contributed by atoms with Gasteiger partial charge in [-0.05, 0) is 81.5 Å². The number of rotatable bonds is 10. The zero-order valence-electron chi connectivity index (χ0n) is 19.5. The highest BCUT2D eigenvalue weighted by atomic mass is 19.2. The summed E-state index contributed by atoms with van der Waals surface area (Å²) in [4.78, 5) is 0. The van der Waals surface area contributed by atoms with Gasteiger partial charge in [0.15, 0.2) is 12.3 Å². The van der Waals surface area contributed by atoms with Gasteiger partial charge in [-0.15, -0.1) is 0 Å². The highest BCUT2D eigenvalue weighted by Crippen LogP contribution is 2.42. The molecule has 0 saturated heterocycles. The summed E-state index contributed by atoms with van der Waals surface area (Å²) in [5, 5.41) is 0. The zero-order valence-corrected chi connectivity index (χ0v) is 19.5. The molecule has 0 aromatic carbocycles. The number of alkyl halides is 2. The minimum absolute atomic E-state index is 0.529. The molecule has 3 rings (SSSR count). The van der Waals surface area contributed by atoms with E-state index in [0.29, 0.717) is 32.0 Å². The van der Waals surface area contributed by atoms with Crippen molar-refractivity contribution < 1.29 is 18.3 Å². The van der Waals surface area contributed by atoms with Crippen LogP contribution in [-0.4, -0.2) is 37.8 Å². The Kier molecular flexibility index (Phi) is 10.4. The molecule has 0 N–H and O–H groups in total. The van der Waals surface area contributed by atoms with E-state index in [2.05, 4.69) is 13.8 Å². The van der Waals surface area contributed by atoms with Crippen LogP contribution in [0.4, 0.5) is 8.78 Å². The Balaban J connectivity index is 1.32. The summed E-state index contributed by atoms with van der Waals surface area (Å²) in [7, 11) is 0. The van der Waals surface area contributed by atoms with E-state index in [9.17, 15) is 8.78 Å². The quantitative estimate of drug-likeness (QED) is 0.337. The van der Waals surface area contributed by atoms with E-state index in [-0.39, 0.29) is 0 Å². The van der Waals surface area contributed by atoms with Crippen molar-refractivity contribution in [3.63, 3.8) is 0 Å². The Morgan fingerprint density at radius 2 is 1.17 bits per heavy atom. The van der Waals surface area contributed by atoms with Crippen LogP contribution >= 0.6 is 0 Å². The van der Waals surface area contributed by atoms with E-state index >= 15 is 0 Å². The lowest BCUT2D eigenvalue weighted by Gasteiger charge is -2.39. The Morgan fingerprint density at radius 3 is 1.70 bits per heavy atom. The summed E-state index contributed by atoms with van der Waals surface area (Å²) in [6.45, 7) is 5.52. The highest BCUT2D eigenvalue weighted by molar-refractivity contribution is 4.90. The first-order valence-electron chi connectivity index (χ1n) is 13.1. The van der Waals surface area contributed by atoms with Crippen molar-refractivity contribution in [2.24, 2.45) is 23.7 Å². The number of unbranched alkanes of at least 4 members (excludes halogenated alkanes) is 1. The minimum Gasteiger partial charge on any atom is -0.375 e. The number of halogens is 2. The normalized spacial score (nSPS) is 40.4. The van der Waals surface area contributed by atoms with Crippen molar-refractivity contribution in [3.05, 3.63) is 0 Å². The largest absolute Gasteiger partial charge is 0.375 e. The zero-order chi connectivity index (χ0) is 21.3. The monoisotopic (exact) mass is 428 g/mol. The average Bonchev–Trinajstić information content (AvgIpc) is 2.77. The van der Waals surface area contributed by atoms with Crippen LogP contribution in [0.1, 0.15) is 104 Å². The van der Waals surface area contributed by atoms with E-state index in [1.54, 1.807) is 0 Å². The summed E-state index contributed by atoms with van der Waals surface area (Å²) >= 11 is 0. The van der Waals surface area contributed by atoms with Gasteiger partial charge in [-0.25, -0.2) is 8.78 Å². The predicted octanol–water partition coefficient (Wildman–Crippen LogP) is 7.44. The van der Waals surface area contributed by atoms with Crippen LogP contribution in [0.5, 0.6) is 0 Å². The molecule has 0 aliphatic heterocycles. The molecule has 3 aliphatic rings. The summed E-state index contributed by atoms with van der Waals surface area (Å²) < 4.78 is 40.5. The van der Waals surface area contributed by atoms with Gasteiger partial charge >= 0.3 is 0 Å². The molecule has 3 aliphatic carbocycles. The Hall–Kier alpha value is -0.220. The van der Waals surface area contributed by atoms with Crippen LogP contribution in [0.2, 0.25) is 0 Å². The second kappa shape index (κ2) is 12.7. The van der Waals surface area contributed by atoms with Gasteiger partial charge in [-0.3, -0.25) is 0 Å². The lowest BCUT2D eigenvalue weighted by molar-refractivity contribution is -0.124. The first-order valence-corrected chi connectivity index (χ1v) is 13.1. The lowest BCUT2D eigenvalue weighted by atomic mass is 9.69. The summed E-state index contributed by atoms with van der Waals surface area (Å²) in [5.74, 6) is 3.34. The van der Waals surface area contributed by atoms with Crippen LogP contribution < -0.4 is 0 Å². The van der Waals surface area contributed by atoms with Crippen molar-refractivity contribution >= 4 is 0 Å². The number of hydrogen-bond acceptors (Lipinski definition) is 2. The molecule has 2 nitrogen and oxygen atoms in total. The molecule has 0 spiro atoms. The predicted molar refractivity (Wildman–Crippen MR) is 119 cm³/mol. The molecule has 0 radical (unpaired) electrons. The molecule has 30 heavy (non-hydrogen) atoms. The molecule has 0 amide bonds. The second-order valence-electron chi connectivity index (χ2n) is 10.5. The molecule has 3 fully saturated rings. The minimum atomic E-state index is -1.54. The molecule has 0 aromatic rings. The average molecular weight is 429 g/mol. The van der Waals surface area contributed by atoms with Crippen LogP contribution in [0.15, 0.2) is 0 Å². The topological polar surface area (TPSA) is 18.5 Å². The second-order valence-corrected chi connectivity index (χ2v) is 10.5. The number of ether oxygens (including phenoxy) is 2. The van der Waals surface area contributed by atoms with Crippen molar-refractivity contribution in [1.29, 1.82) is 0 Å². The van der Waals surface area contributed by atoms with E-state index in [4.69, 9.17) is 9.47 Å². The molecular formula is C26H46F2O2. The molecule has 4 atom stereocenters. The first kappa shape index (κ1) is 24.4. The third kappa shape index (κ3) is 6.89. The van der Waals surface area contributed by atoms with Crippen LogP contribution in [0.25, 0.3) is 0 Å². The van der Waals surface area contributed by atoms with Gasteiger partial charge in [0, 0.05) is 13.2 Å².